The Morgan fingerprint density at radius 3 is 2.36 bits per heavy atom. The minimum Gasteiger partial charge on any atom is -0.478 e. The van der Waals surface area contributed by atoms with E-state index in [0.29, 0.717) is 11.4 Å². The number of carboxylic acid groups (broad SMARTS) is 1. The lowest BCUT2D eigenvalue weighted by Crippen LogP contribution is -2.34. The third-order valence-corrected chi connectivity index (χ3v) is 4.96. The Hall–Kier alpha value is -2.80. The Balaban J connectivity index is 1.78. The van der Waals surface area contributed by atoms with Crippen LogP contribution < -0.4 is 10.2 Å². The summed E-state index contributed by atoms with van der Waals surface area (Å²) in [6.07, 6.45) is 0. The highest BCUT2D eigenvalue weighted by molar-refractivity contribution is 8.16. The van der Waals surface area contributed by atoms with E-state index in [-0.39, 0.29) is 16.7 Å². The van der Waals surface area contributed by atoms with Gasteiger partial charge in [0.15, 0.2) is 5.37 Å². The van der Waals surface area contributed by atoms with Gasteiger partial charge in [0.05, 0.1) is 11.3 Å². The molecule has 1 aliphatic rings. The number of imide groups is 1. The Morgan fingerprint density at radius 2 is 1.76 bits per heavy atom. The molecule has 0 unspecified atom stereocenters. The minimum absolute atomic E-state index is 0.156. The summed E-state index contributed by atoms with van der Waals surface area (Å²) in [5, 5.41) is 10.8. The number of aromatic carboxylic acids is 1. The van der Waals surface area contributed by atoms with Gasteiger partial charge in [0.1, 0.15) is 0 Å². The third-order valence-electron chi connectivity index (χ3n) is 4.02. The number of benzene rings is 2. The van der Waals surface area contributed by atoms with E-state index in [1.165, 1.54) is 17.0 Å². The standard InChI is InChI=1S/C18H16N2O4S/c1-10-3-8-14(9-11(10)2)20-16(21)15(25-18(20)24)19-13-6-4-12(5-7-13)17(22)23/h3-9,15,19H,1-2H3,(H,22,23)/t15-/m0/s1. The van der Waals surface area contributed by atoms with Crippen LogP contribution in [-0.4, -0.2) is 27.6 Å². The smallest absolute Gasteiger partial charge is 0.335 e. The molecule has 3 rings (SSSR count). The molecule has 25 heavy (non-hydrogen) atoms. The molecule has 1 atom stereocenters. The highest BCUT2D eigenvalue weighted by Gasteiger charge is 2.40. The molecule has 0 saturated carbocycles. The zero-order chi connectivity index (χ0) is 18.1. The van der Waals surface area contributed by atoms with Gasteiger partial charge in [0.2, 0.25) is 0 Å². The van der Waals surface area contributed by atoms with E-state index in [1.54, 1.807) is 18.2 Å². The molecule has 7 heteroatoms. The summed E-state index contributed by atoms with van der Waals surface area (Å²) in [6, 6.07) is 11.5. The summed E-state index contributed by atoms with van der Waals surface area (Å²) in [4.78, 5) is 36.9. The van der Waals surface area contributed by atoms with Crippen LogP contribution in [0.25, 0.3) is 0 Å². The number of aryl methyl sites for hydroxylation is 2. The molecule has 0 radical (unpaired) electrons. The van der Waals surface area contributed by atoms with E-state index in [0.717, 1.165) is 22.9 Å². The molecule has 128 valence electrons. The first-order chi connectivity index (χ1) is 11.9. The number of nitrogens with one attached hydrogen (secondary N) is 1. The van der Waals surface area contributed by atoms with Crippen molar-refractivity contribution in [3.8, 4) is 0 Å². The zero-order valence-electron chi connectivity index (χ0n) is 13.6. The fourth-order valence-electron chi connectivity index (χ4n) is 2.46. The number of carboxylic acids is 1. The molecule has 0 bridgehead atoms. The molecular weight excluding hydrogens is 340 g/mol. The number of nitrogens with zero attached hydrogens (tertiary/aromatic N) is 1. The van der Waals surface area contributed by atoms with Crippen LogP contribution in [0.5, 0.6) is 0 Å². The average Bonchev–Trinajstić information content (AvgIpc) is 2.85. The quantitative estimate of drug-likeness (QED) is 0.870. The van der Waals surface area contributed by atoms with Crippen molar-refractivity contribution in [2.45, 2.75) is 19.2 Å². The normalized spacial score (nSPS) is 17.0. The number of carbonyl (C=O) groups excluding carboxylic acids is 2. The van der Waals surface area contributed by atoms with Crippen molar-refractivity contribution in [3.63, 3.8) is 0 Å². The summed E-state index contributed by atoms with van der Waals surface area (Å²) in [6.45, 7) is 3.89. The van der Waals surface area contributed by atoms with Crippen molar-refractivity contribution >= 4 is 40.3 Å². The Kier molecular flexibility index (Phi) is 4.50. The van der Waals surface area contributed by atoms with E-state index in [2.05, 4.69) is 5.32 Å². The molecule has 2 aromatic carbocycles. The lowest BCUT2D eigenvalue weighted by molar-refractivity contribution is -0.116. The van der Waals surface area contributed by atoms with Crippen LogP contribution >= 0.6 is 11.8 Å². The second kappa shape index (κ2) is 6.60. The van der Waals surface area contributed by atoms with Crippen LogP contribution in [0.15, 0.2) is 42.5 Å². The van der Waals surface area contributed by atoms with Gasteiger partial charge in [-0.2, -0.15) is 0 Å². The fourth-order valence-corrected chi connectivity index (χ4v) is 3.36. The van der Waals surface area contributed by atoms with Gasteiger partial charge in [0.25, 0.3) is 11.1 Å². The second-order valence-electron chi connectivity index (χ2n) is 5.73. The highest BCUT2D eigenvalue weighted by atomic mass is 32.2. The van der Waals surface area contributed by atoms with E-state index in [4.69, 9.17) is 5.11 Å². The molecule has 0 spiro atoms. The predicted octanol–water partition coefficient (Wildman–Crippen LogP) is 3.64. The molecule has 1 fully saturated rings. The zero-order valence-corrected chi connectivity index (χ0v) is 14.5. The largest absolute Gasteiger partial charge is 0.478 e. The molecule has 2 amide bonds. The van der Waals surface area contributed by atoms with Crippen molar-refractivity contribution in [2.75, 3.05) is 10.2 Å². The predicted molar refractivity (Wildman–Crippen MR) is 97.2 cm³/mol. The van der Waals surface area contributed by atoms with Gasteiger partial charge in [-0.3, -0.25) is 9.59 Å². The van der Waals surface area contributed by atoms with Gasteiger partial charge in [-0.1, -0.05) is 6.07 Å². The molecule has 6 nitrogen and oxygen atoms in total. The van der Waals surface area contributed by atoms with Crippen LogP contribution in [0.3, 0.4) is 0 Å². The van der Waals surface area contributed by atoms with Crippen molar-refractivity contribution in [2.24, 2.45) is 0 Å². The number of amides is 2. The molecule has 0 aromatic heterocycles. The van der Waals surface area contributed by atoms with Crippen molar-refractivity contribution in [1.29, 1.82) is 0 Å². The number of rotatable bonds is 4. The van der Waals surface area contributed by atoms with Crippen LogP contribution in [0.1, 0.15) is 21.5 Å². The minimum atomic E-state index is -1.02. The number of hydrogen-bond acceptors (Lipinski definition) is 5. The van der Waals surface area contributed by atoms with Gasteiger partial charge < -0.3 is 10.4 Å². The summed E-state index contributed by atoms with van der Waals surface area (Å²) in [5.74, 6) is -1.37. The summed E-state index contributed by atoms with van der Waals surface area (Å²) in [7, 11) is 0. The monoisotopic (exact) mass is 356 g/mol. The average molecular weight is 356 g/mol. The van der Waals surface area contributed by atoms with Crippen molar-refractivity contribution in [1.82, 2.24) is 0 Å². The van der Waals surface area contributed by atoms with Crippen molar-refractivity contribution < 1.29 is 19.5 Å². The first-order valence-corrected chi connectivity index (χ1v) is 8.46. The second-order valence-corrected chi connectivity index (χ2v) is 6.79. The lowest BCUT2D eigenvalue weighted by atomic mass is 10.1. The number of hydrogen-bond donors (Lipinski definition) is 2. The molecule has 2 N–H and O–H groups in total. The van der Waals surface area contributed by atoms with E-state index >= 15 is 0 Å². The third kappa shape index (κ3) is 3.36. The Bertz CT molecular complexity index is 864. The van der Waals surface area contributed by atoms with Gasteiger partial charge >= 0.3 is 5.97 Å². The van der Waals surface area contributed by atoms with Crippen LogP contribution in [0.4, 0.5) is 16.2 Å². The van der Waals surface area contributed by atoms with Crippen LogP contribution in [-0.2, 0) is 4.79 Å². The van der Waals surface area contributed by atoms with Gasteiger partial charge in [-0.25, -0.2) is 9.69 Å². The molecular formula is C18H16N2O4S. The fraction of sp³-hybridized carbons (Fsp3) is 0.167. The number of anilines is 2. The highest BCUT2D eigenvalue weighted by Crippen LogP contribution is 2.33. The molecule has 2 aromatic rings. The van der Waals surface area contributed by atoms with Gasteiger partial charge in [-0.05, 0) is 73.1 Å². The molecule has 0 aliphatic carbocycles. The summed E-state index contributed by atoms with van der Waals surface area (Å²) < 4.78 is 0. The SMILES string of the molecule is Cc1ccc(N2C(=O)S[C@H](Nc3ccc(C(=O)O)cc3)C2=O)cc1C. The Labute approximate surface area is 148 Å². The van der Waals surface area contributed by atoms with E-state index < -0.39 is 11.3 Å². The van der Waals surface area contributed by atoms with Crippen LogP contribution in [0, 0.1) is 13.8 Å². The molecule has 1 aliphatic heterocycles. The number of thioether (sulfide) groups is 1. The molecule has 1 heterocycles. The first kappa shape index (κ1) is 17.0. The van der Waals surface area contributed by atoms with Crippen molar-refractivity contribution in [3.05, 3.63) is 59.2 Å². The maximum atomic E-state index is 12.6. The molecule has 1 saturated heterocycles. The van der Waals surface area contributed by atoms with E-state index in [1.807, 2.05) is 26.0 Å². The van der Waals surface area contributed by atoms with Crippen LogP contribution in [0.2, 0.25) is 0 Å². The van der Waals surface area contributed by atoms with Gasteiger partial charge in [-0.15, -0.1) is 0 Å². The summed E-state index contributed by atoms with van der Waals surface area (Å²) in [5.41, 5.74) is 3.37. The topological polar surface area (TPSA) is 86.7 Å². The maximum absolute atomic E-state index is 12.6. The van der Waals surface area contributed by atoms with E-state index in [9.17, 15) is 14.4 Å². The maximum Gasteiger partial charge on any atom is 0.335 e. The number of carbonyl (C=O) groups is 3. The summed E-state index contributed by atoms with van der Waals surface area (Å²) >= 11 is 0.902. The Morgan fingerprint density at radius 1 is 1.08 bits per heavy atom. The first-order valence-electron chi connectivity index (χ1n) is 7.58. The lowest BCUT2D eigenvalue weighted by Gasteiger charge is -2.16. The van der Waals surface area contributed by atoms with Gasteiger partial charge in [0, 0.05) is 5.69 Å².